The van der Waals surface area contributed by atoms with Gasteiger partial charge in [0.25, 0.3) is 0 Å². The van der Waals surface area contributed by atoms with E-state index in [1.54, 1.807) is 11.3 Å². The topological polar surface area (TPSA) is 92.7 Å². The van der Waals surface area contributed by atoms with Gasteiger partial charge < -0.3 is 10.6 Å². The fraction of sp³-hybridized carbons (Fsp3) is 0.421. The van der Waals surface area contributed by atoms with E-state index in [0.717, 1.165) is 59.2 Å². The zero-order valence-corrected chi connectivity index (χ0v) is 17.5. The van der Waals surface area contributed by atoms with E-state index in [-0.39, 0.29) is 5.91 Å². The van der Waals surface area contributed by atoms with Gasteiger partial charge in [-0.3, -0.25) is 4.79 Å². The van der Waals surface area contributed by atoms with Gasteiger partial charge in [-0.05, 0) is 24.8 Å². The fourth-order valence-corrected chi connectivity index (χ4v) is 4.21. The molecule has 2 heterocycles. The molecule has 28 heavy (non-hydrogen) atoms. The summed E-state index contributed by atoms with van der Waals surface area (Å²) in [5.74, 6) is -0.0236. The number of anilines is 2. The van der Waals surface area contributed by atoms with Crippen LogP contribution in [0, 0.1) is 0 Å². The molecule has 0 radical (unpaired) electrons. The Kier molecular flexibility index (Phi) is 7.86. The minimum atomic E-state index is -0.0236. The molecule has 7 nitrogen and oxygen atoms in total. The summed E-state index contributed by atoms with van der Waals surface area (Å²) >= 11 is 3.07. The van der Waals surface area contributed by atoms with Gasteiger partial charge in [0.05, 0.1) is 0 Å². The summed E-state index contributed by atoms with van der Waals surface area (Å²) in [4.78, 5) is 12.1. The molecule has 0 spiro atoms. The van der Waals surface area contributed by atoms with Crippen molar-refractivity contribution in [2.24, 2.45) is 0 Å². The van der Waals surface area contributed by atoms with Crippen LogP contribution in [0.15, 0.2) is 30.3 Å². The highest BCUT2D eigenvalue weighted by Crippen LogP contribution is 2.20. The average molecular weight is 417 g/mol. The maximum Gasteiger partial charge on any atom is 0.226 e. The number of carbonyl (C=O) groups excluding carboxylic acids is 1. The van der Waals surface area contributed by atoms with Gasteiger partial charge in [0.2, 0.25) is 16.2 Å². The molecule has 0 aliphatic carbocycles. The van der Waals surface area contributed by atoms with Gasteiger partial charge in [-0.1, -0.05) is 59.4 Å². The SMILES string of the molecule is CNc1nnc(CCCCCc2nnc(NC(=O)CCc3ccccc3)s2)s1. The molecule has 3 rings (SSSR count). The van der Waals surface area contributed by atoms with Crippen LogP contribution in [0.2, 0.25) is 0 Å². The first-order chi connectivity index (χ1) is 13.7. The molecule has 1 amide bonds. The van der Waals surface area contributed by atoms with Crippen molar-refractivity contribution in [2.45, 2.75) is 44.9 Å². The normalized spacial score (nSPS) is 10.8. The van der Waals surface area contributed by atoms with E-state index in [1.165, 1.54) is 11.3 Å². The van der Waals surface area contributed by atoms with Crippen LogP contribution >= 0.6 is 22.7 Å². The van der Waals surface area contributed by atoms with Crippen LogP contribution < -0.4 is 10.6 Å². The van der Waals surface area contributed by atoms with E-state index in [4.69, 9.17) is 0 Å². The Morgan fingerprint density at radius 2 is 1.50 bits per heavy atom. The third-order valence-corrected chi connectivity index (χ3v) is 6.06. The molecule has 3 aromatic rings. The van der Waals surface area contributed by atoms with Crippen molar-refractivity contribution >= 4 is 38.8 Å². The number of amides is 1. The highest BCUT2D eigenvalue weighted by molar-refractivity contribution is 7.15. The molecule has 0 aliphatic heterocycles. The van der Waals surface area contributed by atoms with Crippen molar-refractivity contribution in [3.63, 3.8) is 0 Å². The highest BCUT2D eigenvalue weighted by Gasteiger charge is 2.09. The van der Waals surface area contributed by atoms with Gasteiger partial charge in [-0.25, -0.2) is 0 Å². The number of unbranched alkanes of at least 4 members (excludes halogenated alkanes) is 2. The first-order valence-electron chi connectivity index (χ1n) is 9.39. The quantitative estimate of drug-likeness (QED) is 0.460. The van der Waals surface area contributed by atoms with Crippen LogP contribution in [-0.4, -0.2) is 33.3 Å². The van der Waals surface area contributed by atoms with Gasteiger partial charge >= 0.3 is 0 Å². The molecule has 0 saturated carbocycles. The van der Waals surface area contributed by atoms with E-state index in [9.17, 15) is 4.79 Å². The maximum absolute atomic E-state index is 12.1. The molecule has 0 unspecified atom stereocenters. The molecular formula is C19H24N6OS2. The van der Waals surface area contributed by atoms with Gasteiger partial charge in [-0.2, -0.15) is 0 Å². The van der Waals surface area contributed by atoms with Gasteiger partial charge in [-0.15, -0.1) is 20.4 Å². The second-order valence-electron chi connectivity index (χ2n) is 6.35. The first-order valence-corrected chi connectivity index (χ1v) is 11.0. The molecule has 0 fully saturated rings. The lowest BCUT2D eigenvalue weighted by molar-refractivity contribution is -0.116. The Hall–Kier alpha value is -2.39. The Bertz CT molecular complexity index is 864. The molecule has 0 aliphatic rings. The molecule has 2 N–H and O–H groups in total. The summed E-state index contributed by atoms with van der Waals surface area (Å²) in [5.41, 5.74) is 1.16. The number of hydrogen-bond donors (Lipinski definition) is 2. The smallest absolute Gasteiger partial charge is 0.226 e. The van der Waals surface area contributed by atoms with Crippen LogP contribution in [0.5, 0.6) is 0 Å². The maximum atomic E-state index is 12.1. The molecule has 0 atom stereocenters. The first kappa shape index (κ1) is 20.3. The number of nitrogens with zero attached hydrogens (tertiary/aromatic N) is 4. The fourth-order valence-electron chi connectivity index (χ4n) is 2.67. The molecule has 148 valence electrons. The minimum absolute atomic E-state index is 0.0236. The molecule has 2 aromatic heterocycles. The average Bonchev–Trinajstić information content (AvgIpc) is 3.36. The third-order valence-electron chi connectivity index (χ3n) is 4.16. The van der Waals surface area contributed by atoms with Crippen LogP contribution in [0.3, 0.4) is 0 Å². The van der Waals surface area contributed by atoms with Gasteiger partial charge in [0.15, 0.2) is 0 Å². The summed E-state index contributed by atoms with van der Waals surface area (Å²) in [6.45, 7) is 0. The number of carbonyl (C=O) groups is 1. The Balaban J connectivity index is 1.31. The largest absolute Gasteiger partial charge is 0.363 e. The zero-order chi connectivity index (χ0) is 19.6. The summed E-state index contributed by atoms with van der Waals surface area (Å²) in [6, 6.07) is 10.00. The number of aryl methyl sites for hydroxylation is 3. The van der Waals surface area contributed by atoms with Crippen LogP contribution in [0.25, 0.3) is 0 Å². The Morgan fingerprint density at radius 1 is 0.857 bits per heavy atom. The summed E-state index contributed by atoms with van der Waals surface area (Å²) < 4.78 is 0. The molecule has 0 saturated heterocycles. The lowest BCUT2D eigenvalue weighted by atomic mass is 10.1. The van der Waals surface area contributed by atoms with Crippen molar-refractivity contribution < 1.29 is 4.79 Å². The number of nitrogens with one attached hydrogen (secondary N) is 2. The van der Waals surface area contributed by atoms with Gasteiger partial charge in [0.1, 0.15) is 10.0 Å². The molecular weight excluding hydrogens is 392 g/mol. The van der Waals surface area contributed by atoms with Gasteiger partial charge in [0, 0.05) is 26.3 Å². The van der Waals surface area contributed by atoms with Crippen molar-refractivity contribution in [3.05, 3.63) is 45.9 Å². The standard InChI is InChI=1S/C19H24N6OS2/c1-20-18-24-22-16(27-18)10-6-3-7-11-17-23-25-19(28-17)21-15(26)13-12-14-8-4-2-5-9-14/h2,4-5,8-9H,3,6-7,10-13H2,1H3,(H,20,24)(H,21,25,26). The minimum Gasteiger partial charge on any atom is -0.363 e. The summed E-state index contributed by atoms with van der Waals surface area (Å²) in [6.07, 6.45) is 6.25. The number of aromatic nitrogens is 4. The predicted molar refractivity (Wildman–Crippen MR) is 114 cm³/mol. The number of rotatable bonds is 11. The summed E-state index contributed by atoms with van der Waals surface area (Å²) in [5, 5.41) is 25.8. The van der Waals surface area contributed by atoms with Crippen molar-refractivity contribution in [1.82, 2.24) is 20.4 Å². The molecule has 1 aromatic carbocycles. The predicted octanol–water partition coefficient (Wildman–Crippen LogP) is 3.96. The summed E-state index contributed by atoms with van der Waals surface area (Å²) in [7, 11) is 1.85. The third kappa shape index (κ3) is 6.65. The monoisotopic (exact) mass is 416 g/mol. The van der Waals surface area contributed by atoms with Crippen LogP contribution in [0.4, 0.5) is 10.3 Å². The lowest BCUT2D eigenvalue weighted by Gasteiger charge is -2.01. The van der Waals surface area contributed by atoms with Crippen molar-refractivity contribution in [2.75, 3.05) is 17.7 Å². The van der Waals surface area contributed by atoms with Crippen LogP contribution in [-0.2, 0) is 24.1 Å². The van der Waals surface area contributed by atoms with E-state index >= 15 is 0 Å². The van der Waals surface area contributed by atoms with E-state index in [0.29, 0.717) is 11.6 Å². The van der Waals surface area contributed by atoms with Crippen molar-refractivity contribution in [1.29, 1.82) is 0 Å². The molecule has 0 bridgehead atoms. The lowest BCUT2D eigenvalue weighted by Crippen LogP contribution is -2.12. The van der Waals surface area contributed by atoms with Crippen LogP contribution in [0.1, 0.15) is 41.3 Å². The number of hydrogen-bond acceptors (Lipinski definition) is 8. The van der Waals surface area contributed by atoms with E-state index in [2.05, 4.69) is 31.0 Å². The van der Waals surface area contributed by atoms with Crippen molar-refractivity contribution in [3.8, 4) is 0 Å². The Labute approximate surface area is 172 Å². The second kappa shape index (κ2) is 10.8. The molecule has 9 heteroatoms. The van der Waals surface area contributed by atoms with E-state index < -0.39 is 0 Å². The Morgan fingerprint density at radius 3 is 2.14 bits per heavy atom. The zero-order valence-electron chi connectivity index (χ0n) is 15.9. The number of benzene rings is 1. The highest BCUT2D eigenvalue weighted by atomic mass is 32.1. The van der Waals surface area contributed by atoms with E-state index in [1.807, 2.05) is 37.4 Å². The second-order valence-corrected chi connectivity index (χ2v) is 8.47.